The Morgan fingerprint density at radius 2 is 1.83 bits per heavy atom. The van der Waals surface area contributed by atoms with Crippen LogP contribution in [0.2, 0.25) is 5.02 Å². The van der Waals surface area contributed by atoms with Gasteiger partial charge in [-0.1, -0.05) is 23.7 Å². The molecule has 1 aromatic rings. The quantitative estimate of drug-likeness (QED) is 0.741. The molecule has 130 valence electrons. The summed E-state index contributed by atoms with van der Waals surface area (Å²) in [5.74, 6) is 0. The second kappa shape index (κ2) is 9.10. The molecule has 0 fully saturated rings. The topological polar surface area (TPSA) is 78.5 Å². The van der Waals surface area contributed by atoms with Crippen LogP contribution in [0.4, 0.5) is 4.79 Å². The summed E-state index contributed by atoms with van der Waals surface area (Å²) in [5, 5.41) is 5.98. The van der Waals surface area contributed by atoms with Crippen LogP contribution in [-0.4, -0.2) is 50.7 Å². The molecule has 0 radical (unpaired) electrons. The van der Waals surface area contributed by atoms with Crippen LogP contribution in [0.15, 0.2) is 24.3 Å². The third-order valence-corrected chi connectivity index (χ3v) is 4.65. The lowest BCUT2D eigenvalue weighted by atomic mass is 10.1. The van der Waals surface area contributed by atoms with Crippen molar-refractivity contribution in [3.8, 4) is 0 Å². The molecule has 0 spiro atoms. The third kappa shape index (κ3) is 8.20. The number of halogens is 1. The van der Waals surface area contributed by atoms with E-state index in [-0.39, 0.29) is 25.2 Å². The summed E-state index contributed by atoms with van der Waals surface area (Å²) in [6, 6.07) is 7.03. The van der Waals surface area contributed by atoms with Crippen LogP contribution < -0.4 is 10.6 Å². The van der Waals surface area contributed by atoms with Crippen LogP contribution in [-0.2, 0) is 16.4 Å². The molecule has 0 unspecified atom stereocenters. The third-order valence-electron chi connectivity index (χ3n) is 3.10. The summed E-state index contributed by atoms with van der Waals surface area (Å²) in [7, 11) is -3.33. The van der Waals surface area contributed by atoms with E-state index in [1.54, 1.807) is 12.1 Å². The lowest BCUT2D eigenvalue weighted by Crippen LogP contribution is -2.44. The van der Waals surface area contributed by atoms with Crippen molar-refractivity contribution in [3.05, 3.63) is 34.9 Å². The highest BCUT2D eigenvalue weighted by Crippen LogP contribution is 2.11. The largest absolute Gasteiger partial charge is 0.337 e. The van der Waals surface area contributed by atoms with Crippen molar-refractivity contribution in [2.45, 2.75) is 26.3 Å². The van der Waals surface area contributed by atoms with Gasteiger partial charge in [0.2, 0.25) is 10.0 Å². The lowest BCUT2D eigenvalue weighted by Gasteiger charge is -2.20. The van der Waals surface area contributed by atoms with Crippen LogP contribution in [0, 0.1) is 0 Å². The minimum atomic E-state index is -3.33. The van der Waals surface area contributed by atoms with Gasteiger partial charge in [-0.3, -0.25) is 0 Å². The van der Waals surface area contributed by atoms with E-state index in [9.17, 15) is 13.2 Å². The SMILES string of the molecule is CC(C)NC(=O)NCCN(CCc1ccc(Cl)cc1)S(C)(=O)=O. The standard InChI is InChI=1S/C15H24ClN3O3S/c1-12(2)18-15(20)17-9-11-19(23(3,21)22)10-8-13-4-6-14(16)7-5-13/h4-7,12H,8-11H2,1-3H3,(H2,17,18,20). The number of carbonyl (C=O) groups excluding carboxylic acids is 1. The molecule has 0 saturated carbocycles. The van der Waals surface area contributed by atoms with Crippen LogP contribution in [0.3, 0.4) is 0 Å². The fraction of sp³-hybridized carbons (Fsp3) is 0.533. The van der Waals surface area contributed by atoms with Gasteiger partial charge in [0.15, 0.2) is 0 Å². The van der Waals surface area contributed by atoms with Gasteiger partial charge in [-0.2, -0.15) is 0 Å². The number of nitrogens with one attached hydrogen (secondary N) is 2. The summed E-state index contributed by atoms with van der Waals surface area (Å²) in [5.41, 5.74) is 1.01. The number of urea groups is 1. The predicted octanol–water partition coefficient (Wildman–Crippen LogP) is 1.85. The zero-order chi connectivity index (χ0) is 17.5. The van der Waals surface area contributed by atoms with Gasteiger partial charge >= 0.3 is 6.03 Å². The first-order valence-electron chi connectivity index (χ1n) is 7.42. The molecule has 6 nitrogen and oxygen atoms in total. The van der Waals surface area contributed by atoms with Gasteiger partial charge in [0.25, 0.3) is 0 Å². The Balaban J connectivity index is 2.50. The summed E-state index contributed by atoms with van der Waals surface area (Å²) < 4.78 is 25.0. The van der Waals surface area contributed by atoms with E-state index < -0.39 is 10.0 Å². The second-order valence-electron chi connectivity index (χ2n) is 5.59. The van der Waals surface area contributed by atoms with Crippen LogP contribution >= 0.6 is 11.6 Å². The van der Waals surface area contributed by atoms with Crippen molar-refractivity contribution < 1.29 is 13.2 Å². The van der Waals surface area contributed by atoms with Crippen molar-refractivity contribution in [1.29, 1.82) is 0 Å². The summed E-state index contributed by atoms with van der Waals surface area (Å²) >= 11 is 5.83. The highest BCUT2D eigenvalue weighted by atomic mass is 35.5. The first kappa shape index (κ1) is 19.7. The fourth-order valence-corrected chi connectivity index (χ4v) is 2.93. The molecule has 1 aromatic carbocycles. The van der Waals surface area contributed by atoms with Crippen LogP contribution in [0.25, 0.3) is 0 Å². The molecule has 23 heavy (non-hydrogen) atoms. The maximum absolute atomic E-state index is 11.8. The van der Waals surface area contributed by atoms with Gasteiger partial charge in [-0.15, -0.1) is 0 Å². The molecule has 0 saturated heterocycles. The van der Waals surface area contributed by atoms with E-state index >= 15 is 0 Å². The Kier molecular flexibility index (Phi) is 7.81. The highest BCUT2D eigenvalue weighted by molar-refractivity contribution is 7.88. The molecule has 0 aliphatic carbocycles. The molecule has 0 aromatic heterocycles. The van der Waals surface area contributed by atoms with E-state index in [0.717, 1.165) is 5.56 Å². The van der Waals surface area contributed by atoms with E-state index in [4.69, 9.17) is 11.6 Å². The van der Waals surface area contributed by atoms with Gasteiger partial charge in [0, 0.05) is 30.7 Å². The molecular weight excluding hydrogens is 338 g/mol. The average molecular weight is 362 g/mol. The van der Waals surface area contributed by atoms with Crippen molar-refractivity contribution in [2.75, 3.05) is 25.9 Å². The second-order valence-corrected chi connectivity index (χ2v) is 8.01. The Morgan fingerprint density at radius 1 is 1.22 bits per heavy atom. The molecular formula is C15H24ClN3O3S. The molecule has 2 amide bonds. The average Bonchev–Trinajstić information content (AvgIpc) is 2.42. The Hall–Kier alpha value is -1.31. The number of hydrogen-bond acceptors (Lipinski definition) is 3. The van der Waals surface area contributed by atoms with Crippen molar-refractivity contribution in [1.82, 2.24) is 14.9 Å². The first-order valence-corrected chi connectivity index (χ1v) is 9.65. The van der Waals surface area contributed by atoms with E-state index in [2.05, 4.69) is 10.6 Å². The van der Waals surface area contributed by atoms with Crippen molar-refractivity contribution >= 4 is 27.7 Å². The minimum Gasteiger partial charge on any atom is -0.337 e. The molecule has 0 heterocycles. The maximum atomic E-state index is 11.8. The number of amides is 2. The van der Waals surface area contributed by atoms with E-state index in [1.807, 2.05) is 26.0 Å². The first-order chi connectivity index (χ1) is 10.7. The number of carbonyl (C=O) groups is 1. The van der Waals surface area contributed by atoms with Gasteiger partial charge < -0.3 is 10.6 Å². The highest BCUT2D eigenvalue weighted by Gasteiger charge is 2.16. The normalized spacial score (nSPS) is 11.7. The molecule has 0 aliphatic rings. The number of nitrogens with zero attached hydrogens (tertiary/aromatic N) is 1. The molecule has 2 N–H and O–H groups in total. The zero-order valence-corrected chi connectivity index (χ0v) is 15.2. The van der Waals surface area contributed by atoms with E-state index in [1.165, 1.54) is 10.6 Å². The minimum absolute atomic E-state index is 0.0333. The Bertz CT molecular complexity index is 603. The van der Waals surface area contributed by atoms with Gasteiger partial charge in [0.1, 0.15) is 0 Å². The molecule has 0 atom stereocenters. The maximum Gasteiger partial charge on any atom is 0.315 e. The lowest BCUT2D eigenvalue weighted by molar-refractivity contribution is 0.237. The Labute approximate surface area is 143 Å². The number of rotatable bonds is 8. The van der Waals surface area contributed by atoms with Crippen molar-refractivity contribution in [2.24, 2.45) is 0 Å². The number of sulfonamides is 1. The van der Waals surface area contributed by atoms with Crippen molar-refractivity contribution in [3.63, 3.8) is 0 Å². The zero-order valence-electron chi connectivity index (χ0n) is 13.7. The summed E-state index contributed by atoms with van der Waals surface area (Å²) in [6.07, 6.45) is 1.76. The number of benzene rings is 1. The van der Waals surface area contributed by atoms with Gasteiger partial charge in [-0.25, -0.2) is 17.5 Å². The van der Waals surface area contributed by atoms with Crippen LogP contribution in [0.5, 0.6) is 0 Å². The smallest absolute Gasteiger partial charge is 0.315 e. The van der Waals surface area contributed by atoms with Gasteiger partial charge in [0.05, 0.1) is 6.26 Å². The van der Waals surface area contributed by atoms with Gasteiger partial charge in [-0.05, 0) is 38.0 Å². The molecule has 1 rings (SSSR count). The Morgan fingerprint density at radius 3 is 2.35 bits per heavy atom. The van der Waals surface area contributed by atoms with Crippen LogP contribution in [0.1, 0.15) is 19.4 Å². The monoisotopic (exact) mass is 361 g/mol. The molecule has 0 bridgehead atoms. The molecule has 8 heteroatoms. The fourth-order valence-electron chi connectivity index (χ4n) is 1.96. The summed E-state index contributed by atoms with van der Waals surface area (Å²) in [6.45, 7) is 4.56. The summed E-state index contributed by atoms with van der Waals surface area (Å²) in [4.78, 5) is 11.5. The van der Waals surface area contributed by atoms with E-state index in [0.29, 0.717) is 18.0 Å². The number of hydrogen-bond donors (Lipinski definition) is 2. The molecule has 0 aliphatic heterocycles. The predicted molar refractivity (Wildman–Crippen MR) is 93.2 cm³/mol.